The number of para-hydroxylation sites is 1. The number of nitrogens with zero attached hydrogens (tertiary/aromatic N) is 4. The number of thiazole rings is 1. The van der Waals surface area contributed by atoms with Gasteiger partial charge in [0.05, 0.1) is 27.7 Å². The molecule has 0 N–H and O–H groups in total. The van der Waals surface area contributed by atoms with E-state index < -0.39 is 0 Å². The Morgan fingerprint density at radius 1 is 1.17 bits per heavy atom. The fourth-order valence-corrected chi connectivity index (χ4v) is 3.40. The maximum atomic E-state index is 8.94. The van der Waals surface area contributed by atoms with Gasteiger partial charge >= 0.3 is 0 Å². The molecule has 116 valence electrons. The molecule has 4 rings (SSSR count). The van der Waals surface area contributed by atoms with Crippen LogP contribution < -0.4 is 0 Å². The van der Waals surface area contributed by atoms with Crippen LogP contribution in [0.1, 0.15) is 11.1 Å². The van der Waals surface area contributed by atoms with Crippen molar-refractivity contribution in [3.63, 3.8) is 0 Å². The first-order valence-corrected chi connectivity index (χ1v) is 8.60. The smallest absolute Gasteiger partial charge is 0.161 e. The summed E-state index contributed by atoms with van der Waals surface area (Å²) in [5, 5.41) is 11.5. The van der Waals surface area contributed by atoms with Crippen LogP contribution in [-0.4, -0.2) is 14.5 Å². The van der Waals surface area contributed by atoms with E-state index in [-0.39, 0.29) is 0 Å². The Bertz CT molecular complexity index is 1040. The zero-order chi connectivity index (χ0) is 16.5. The molecule has 24 heavy (non-hydrogen) atoms. The van der Waals surface area contributed by atoms with E-state index in [1.165, 1.54) is 11.3 Å². The van der Waals surface area contributed by atoms with Gasteiger partial charge in [0.2, 0.25) is 0 Å². The average Bonchev–Trinajstić information content (AvgIpc) is 3.25. The average molecular weight is 351 g/mol. The number of nitriles is 1. The Kier molecular flexibility index (Phi) is 3.77. The summed E-state index contributed by atoms with van der Waals surface area (Å²) in [5.41, 5.74) is 6.11. The van der Waals surface area contributed by atoms with E-state index in [2.05, 4.69) is 15.6 Å². The minimum absolute atomic E-state index is 0.627. The Balaban J connectivity index is 1.87. The number of hydrogen-bond acceptors (Lipinski definition) is 4. The van der Waals surface area contributed by atoms with Crippen molar-refractivity contribution in [2.24, 2.45) is 0 Å². The number of hydrogen-bond donors (Lipinski definition) is 0. The van der Waals surface area contributed by atoms with Gasteiger partial charge in [0.1, 0.15) is 11.2 Å². The van der Waals surface area contributed by atoms with Crippen molar-refractivity contribution >= 4 is 34.0 Å². The summed E-state index contributed by atoms with van der Waals surface area (Å²) in [7, 11) is 0. The molecule has 0 aliphatic heterocycles. The van der Waals surface area contributed by atoms with Crippen LogP contribution in [0, 0.1) is 11.3 Å². The van der Waals surface area contributed by atoms with Crippen LogP contribution in [0.3, 0.4) is 0 Å². The maximum Gasteiger partial charge on any atom is 0.161 e. The van der Waals surface area contributed by atoms with E-state index in [9.17, 15) is 0 Å². The predicted molar refractivity (Wildman–Crippen MR) is 96.1 cm³/mol. The lowest BCUT2D eigenvalue weighted by Gasteiger charge is -2.08. The largest absolute Gasteiger partial charge is 0.318 e. The van der Waals surface area contributed by atoms with Crippen molar-refractivity contribution in [2.45, 2.75) is 6.54 Å². The van der Waals surface area contributed by atoms with Crippen molar-refractivity contribution in [1.82, 2.24) is 14.5 Å². The quantitative estimate of drug-likeness (QED) is 0.536. The van der Waals surface area contributed by atoms with E-state index >= 15 is 0 Å². The second-order valence-corrected chi connectivity index (χ2v) is 6.44. The van der Waals surface area contributed by atoms with Gasteiger partial charge in [-0.15, -0.1) is 11.3 Å². The first kappa shape index (κ1) is 14.9. The summed E-state index contributed by atoms with van der Waals surface area (Å²) in [6, 6.07) is 15.5. The highest BCUT2D eigenvalue weighted by Crippen LogP contribution is 2.29. The molecule has 0 fully saturated rings. The van der Waals surface area contributed by atoms with Gasteiger partial charge in [-0.1, -0.05) is 29.8 Å². The molecule has 0 amide bonds. The number of halogens is 1. The summed E-state index contributed by atoms with van der Waals surface area (Å²) < 4.78 is 2.11. The van der Waals surface area contributed by atoms with Crippen LogP contribution in [0.25, 0.3) is 22.6 Å². The summed E-state index contributed by atoms with van der Waals surface area (Å²) in [6.07, 6.45) is 0. The molecule has 0 bridgehead atoms. The third-order valence-corrected chi connectivity index (χ3v) is 4.71. The van der Waals surface area contributed by atoms with Gasteiger partial charge in [0.15, 0.2) is 5.82 Å². The molecular weight excluding hydrogens is 340 g/mol. The minimum atomic E-state index is 0.627. The van der Waals surface area contributed by atoms with Gasteiger partial charge in [-0.25, -0.2) is 9.97 Å². The lowest BCUT2D eigenvalue weighted by atomic mass is 10.1. The molecule has 2 heterocycles. The fraction of sp³-hybridized carbons (Fsp3) is 0.0556. The van der Waals surface area contributed by atoms with Gasteiger partial charge in [-0.3, -0.25) is 0 Å². The first-order chi connectivity index (χ1) is 11.8. The highest BCUT2D eigenvalue weighted by Gasteiger charge is 2.16. The molecule has 0 unspecified atom stereocenters. The Morgan fingerprint density at radius 3 is 2.71 bits per heavy atom. The van der Waals surface area contributed by atoms with Crippen molar-refractivity contribution < 1.29 is 0 Å². The van der Waals surface area contributed by atoms with Gasteiger partial charge in [0.25, 0.3) is 0 Å². The first-order valence-electron chi connectivity index (χ1n) is 7.28. The standard InChI is InChI=1S/C18H11ClN4S/c19-14-2-1-3-16-17(14)22-18(15-10-24-11-21-15)23(16)9-13-6-4-12(8-20)5-7-13/h1-7,10-11H,9H2. The minimum Gasteiger partial charge on any atom is -0.318 e. The van der Waals surface area contributed by atoms with Gasteiger partial charge in [-0.05, 0) is 29.8 Å². The number of benzene rings is 2. The van der Waals surface area contributed by atoms with Gasteiger partial charge < -0.3 is 4.57 Å². The summed E-state index contributed by atoms with van der Waals surface area (Å²) in [5.74, 6) is 0.795. The number of rotatable bonds is 3. The zero-order valence-electron chi connectivity index (χ0n) is 12.5. The van der Waals surface area contributed by atoms with Gasteiger partial charge in [0, 0.05) is 11.9 Å². The van der Waals surface area contributed by atoms with Crippen molar-refractivity contribution in [3.05, 3.63) is 69.5 Å². The lowest BCUT2D eigenvalue weighted by molar-refractivity contribution is 0.831. The molecule has 4 nitrogen and oxygen atoms in total. The molecule has 0 aliphatic rings. The molecule has 0 saturated carbocycles. The van der Waals surface area contributed by atoms with E-state index in [1.807, 2.05) is 47.8 Å². The van der Waals surface area contributed by atoms with Crippen molar-refractivity contribution in [2.75, 3.05) is 0 Å². The van der Waals surface area contributed by atoms with Crippen LogP contribution in [0.15, 0.2) is 53.4 Å². The predicted octanol–water partition coefficient (Wildman–Crippen LogP) is 4.73. The topological polar surface area (TPSA) is 54.5 Å². The number of fused-ring (bicyclic) bond motifs is 1. The monoisotopic (exact) mass is 350 g/mol. The van der Waals surface area contributed by atoms with Gasteiger partial charge in [-0.2, -0.15) is 5.26 Å². The third-order valence-electron chi connectivity index (χ3n) is 3.81. The summed E-state index contributed by atoms with van der Waals surface area (Å²) in [6.45, 7) is 0.634. The SMILES string of the molecule is N#Cc1ccc(Cn2c(-c3cscn3)nc3c(Cl)cccc32)cc1. The second kappa shape index (κ2) is 6.08. The highest BCUT2D eigenvalue weighted by atomic mass is 35.5. The second-order valence-electron chi connectivity index (χ2n) is 5.31. The van der Waals surface area contributed by atoms with Crippen molar-refractivity contribution in [3.8, 4) is 17.6 Å². The van der Waals surface area contributed by atoms with Crippen LogP contribution >= 0.6 is 22.9 Å². The lowest BCUT2D eigenvalue weighted by Crippen LogP contribution is -2.02. The molecule has 0 atom stereocenters. The van der Waals surface area contributed by atoms with E-state index in [0.717, 1.165) is 28.1 Å². The zero-order valence-corrected chi connectivity index (χ0v) is 14.1. The fourth-order valence-electron chi connectivity index (χ4n) is 2.66. The number of aromatic nitrogens is 3. The van der Waals surface area contributed by atoms with Crippen molar-refractivity contribution in [1.29, 1.82) is 5.26 Å². The van der Waals surface area contributed by atoms with Crippen LogP contribution in [0.2, 0.25) is 5.02 Å². The number of imidazole rings is 1. The normalized spacial score (nSPS) is 10.8. The van der Waals surface area contributed by atoms with Crippen LogP contribution in [0.4, 0.5) is 0 Å². The molecule has 0 aliphatic carbocycles. The van der Waals surface area contributed by atoms with E-state index in [0.29, 0.717) is 17.1 Å². The van der Waals surface area contributed by atoms with Crippen LogP contribution in [-0.2, 0) is 6.54 Å². The Hall–Kier alpha value is -2.68. The summed E-state index contributed by atoms with van der Waals surface area (Å²) in [4.78, 5) is 9.10. The maximum absolute atomic E-state index is 8.94. The Labute approximate surface area is 147 Å². The molecule has 6 heteroatoms. The molecule has 2 aromatic carbocycles. The third kappa shape index (κ3) is 2.56. The molecule has 0 spiro atoms. The van der Waals surface area contributed by atoms with E-state index in [4.69, 9.17) is 21.8 Å². The van der Waals surface area contributed by atoms with E-state index in [1.54, 1.807) is 5.51 Å². The molecule has 2 aromatic heterocycles. The molecule has 0 saturated heterocycles. The molecule has 0 radical (unpaired) electrons. The van der Waals surface area contributed by atoms with Crippen LogP contribution in [0.5, 0.6) is 0 Å². The highest BCUT2D eigenvalue weighted by molar-refractivity contribution is 7.07. The summed E-state index contributed by atoms with van der Waals surface area (Å²) >= 11 is 7.85. The molecule has 4 aromatic rings. The Morgan fingerprint density at radius 2 is 2.00 bits per heavy atom. The molecular formula is C18H11ClN4S.